The summed E-state index contributed by atoms with van der Waals surface area (Å²) >= 11 is 0. The van der Waals surface area contributed by atoms with E-state index in [9.17, 15) is 9.59 Å². The molecule has 1 aliphatic rings. The van der Waals surface area contributed by atoms with Crippen LogP contribution in [0, 0.1) is 5.92 Å². The molecule has 0 unspecified atom stereocenters. The lowest BCUT2D eigenvalue weighted by atomic mass is 10.1. The second-order valence-electron chi connectivity index (χ2n) is 5.37. The summed E-state index contributed by atoms with van der Waals surface area (Å²) in [7, 11) is 0. The van der Waals surface area contributed by atoms with Gasteiger partial charge in [-0.15, -0.1) is 0 Å². The second-order valence-corrected chi connectivity index (χ2v) is 5.37. The van der Waals surface area contributed by atoms with Crippen LogP contribution in [-0.4, -0.2) is 23.3 Å². The van der Waals surface area contributed by atoms with Gasteiger partial charge in [-0.3, -0.25) is 9.59 Å². The van der Waals surface area contributed by atoms with Gasteiger partial charge in [0.15, 0.2) is 0 Å². The van der Waals surface area contributed by atoms with Gasteiger partial charge in [0.2, 0.25) is 5.91 Å². The molecule has 0 saturated heterocycles. The van der Waals surface area contributed by atoms with Crippen molar-refractivity contribution < 1.29 is 9.59 Å². The van der Waals surface area contributed by atoms with Crippen molar-refractivity contribution in [3.63, 3.8) is 0 Å². The van der Waals surface area contributed by atoms with Crippen LogP contribution in [0.4, 0.5) is 0 Å². The number of benzene rings is 1. The minimum Gasteiger partial charge on any atom is -0.332 e. The maximum Gasteiger partial charge on any atom is 0.256 e. The molecule has 4 heteroatoms. The zero-order chi connectivity index (χ0) is 14.0. The van der Waals surface area contributed by atoms with Crippen molar-refractivity contribution in [2.45, 2.75) is 33.4 Å². The Balaban J connectivity index is 2.27. The van der Waals surface area contributed by atoms with Gasteiger partial charge in [-0.1, -0.05) is 32.0 Å². The molecule has 0 radical (unpaired) electrons. The van der Waals surface area contributed by atoms with Gasteiger partial charge >= 0.3 is 0 Å². The normalized spacial score (nSPS) is 17.8. The van der Waals surface area contributed by atoms with Gasteiger partial charge < -0.3 is 10.2 Å². The number of nitrogens with one attached hydrogen (secondary N) is 1. The first-order valence-electron chi connectivity index (χ1n) is 6.67. The van der Waals surface area contributed by atoms with Gasteiger partial charge in [-0.2, -0.15) is 0 Å². The Morgan fingerprint density at radius 1 is 1.37 bits per heavy atom. The monoisotopic (exact) mass is 260 g/mol. The average molecular weight is 260 g/mol. The Bertz CT molecular complexity index is 497. The number of hydrogen-bond donors (Lipinski definition) is 1. The van der Waals surface area contributed by atoms with E-state index < -0.39 is 0 Å². The van der Waals surface area contributed by atoms with E-state index in [1.54, 1.807) is 4.90 Å². The predicted molar refractivity (Wildman–Crippen MR) is 73.5 cm³/mol. The minimum atomic E-state index is -0.319. The Labute approximate surface area is 113 Å². The molecule has 1 aromatic rings. The molecule has 1 heterocycles. The number of carbonyl (C=O) groups is 2. The van der Waals surface area contributed by atoms with Gasteiger partial charge in [0.05, 0.1) is 0 Å². The van der Waals surface area contributed by atoms with Crippen LogP contribution < -0.4 is 5.32 Å². The highest BCUT2D eigenvalue weighted by Gasteiger charge is 2.36. The van der Waals surface area contributed by atoms with Crippen molar-refractivity contribution in [1.82, 2.24) is 10.2 Å². The highest BCUT2D eigenvalue weighted by molar-refractivity contribution is 5.99. The van der Waals surface area contributed by atoms with E-state index in [0.29, 0.717) is 18.0 Å². The van der Waals surface area contributed by atoms with E-state index in [0.717, 1.165) is 12.0 Å². The quantitative estimate of drug-likeness (QED) is 0.903. The molecular formula is C15H20N2O2. The Kier molecular flexibility index (Phi) is 3.88. The lowest BCUT2D eigenvalue weighted by molar-refractivity contribution is -0.120. The largest absolute Gasteiger partial charge is 0.332 e. The fraction of sp³-hybridized carbons (Fsp3) is 0.467. The van der Waals surface area contributed by atoms with Crippen LogP contribution in [0.2, 0.25) is 0 Å². The van der Waals surface area contributed by atoms with Crippen molar-refractivity contribution in [1.29, 1.82) is 0 Å². The number of rotatable bonds is 4. The first kappa shape index (κ1) is 13.6. The standard InChI is InChI=1S/C15H20N2O2/c1-10(2)8-9-17-14(16-11(3)18)12-6-4-5-7-13(12)15(17)19/h4-7,10,14H,8-9H2,1-3H3,(H,16,18)/t14-/m0/s1. The van der Waals surface area contributed by atoms with Crippen molar-refractivity contribution >= 4 is 11.8 Å². The summed E-state index contributed by atoms with van der Waals surface area (Å²) in [6.45, 7) is 6.39. The molecule has 1 aliphatic heterocycles. The maximum atomic E-state index is 12.4. The molecule has 19 heavy (non-hydrogen) atoms. The number of carbonyl (C=O) groups excluding carboxylic acids is 2. The van der Waals surface area contributed by atoms with E-state index >= 15 is 0 Å². The topological polar surface area (TPSA) is 49.4 Å². The van der Waals surface area contributed by atoms with Crippen molar-refractivity contribution in [2.24, 2.45) is 5.92 Å². The van der Waals surface area contributed by atoms with Crippen LogP contribution >= 0.6 is 0 Å². The van der Waals surface area contributed by atoms with Gasteiger partial charge in [0.25, 0.3) is 5.91 Å². The third kappa shape index (κ3) is 2.78. The van der Waals surface area contributed by atoms with Crippen molar-refractivity contribution in [3.8, 4) is 0 Å². The highest BCUT2D eigenvalue weighted by atomic mass is 16.2. The summed E-state index contributed by atoms with van der Waals surface area (Å²) in [6, 6.07) is 7.48. The molecule has 0 spiro atoms. The third-order valence-corrected chi connectivity index (χ3v) is 3.35. The number of hydrogen-bond acceptors (Lipinski definition) is 2. The molecule has 0 saturated carbocycles. The van der Waals surface area contributed by atoms with Gasteiger partial charge in [-0.05, 0) is 18.4 Å². The van der Waals surface area contributed by atoms with E-state index in [4.69, 9.17) is 0 Å². The summed E-state index contributed by atoms with van der Waals surface area (Å²) in [5, 5.41) is 2.87. The van der Waals surface area contributed by atoms with Gasteiger partial charge in [-0.25, -0.2) is 0 Å². The van der Waals surface area contributed by atoms with E-state index in [2.05, 4.69) is 19.2 Å². The Hall–Kier alpha value is -1.84. The van der Waals surface area contributed by atoms with Crippen molar-refractivity contribution in [2.75, 3.05) is 6.54 Å². The average Bonchev–Trinajstić information content (AvgIpc) is 2.60. The Morgan fingerprint density at radius 2 is 2.05 bits per heavy atom. The molecule has 1 N–H and O–H groups in total. The molecule has 0 aliphatic carbocycles. The zero-order valence-corrected chi connectivity index (χ0v) is 11.6. The summed E-state index contributed by atoms with van der Waals surface area (Å²) in [5.74, 6) is 0.411. The number of nitrogens with zero attached hydrogens (tertiary/aromatic N) is 1. The fourth-order valence-corrected chi connectivity index (χ4v) is 2.35. The highest BCUT2D eigenvalue weighted by Crippen LogP contribution is 2.31. The molecule has 4 nitrogen and oxygen atoms in total. The lowest BCUT2D eigenvalue weighted by Crippen LogP contribution is -2.39. The minimum absolute atomic E-state index is 0.00926. The molecular weight excluding hydrogens is 240 g/mol. The fourth-order valence-electron chi connectivity index (χ4n) is 2.35. The number of fused-ring (bicyclic) bond motifs is 1. The first-order chi connectivity index (χ1) is 9.00. The lowest BCUT2D eigenvalue weighted by Gasteiger charge is -2.26. The molecule has 1 aromatic carbocycles. The molecule has 102 valence electrons. The summed E-state index contributed by atoms with van der Waals surface area (Å²) < 4.78 is 0. The molecule has 0 bridgehead atoms. The predicted octanol–water partition coefficient (Wildman–Crippen LogP) is 2.32. The molecule has 0 fully saturated rings. The SMILES string of the molecule is CC(=O)N[C@@H]1c2ccccc2C(=O)N1CCC(C)C. The van der Waals surface area contributed by atoms with Crippen LogP contribution in [0.25, 0.3) is 0 Å². The van der Waals surface area contributed by atoms with Gasteiger partial charge in [0.1, 0.15) is 6.17 Å². The summed E-state index contributed by atoms with van der Waals surface area (Å²) in [6.07, 6.45) is 0.607. The summed E-state index contributed by atoms with van der Waals surface area (Å²) in [4.78, 5) is 25.5. The molecule has 0 aromatic heterocycles. The van der Waals surface area contributed by atoms with Crippen LogP contribution in [0.1, 0.15) is 49.3 Å². The van der Waals surface area contributed by atoms with Crippen LogP contribution in [0.3, 0.4) is 0 Å². The third-order valence-electron chi connectivity index (χ3n) is 3.35. The first-order valence-corrected chi connectivity index (χ1v) is 6.67. The summed E-state index contributed by atoms with van der Waals surface area (Å²) in [5.41, 5.74) is 1.59. The molecule has 2 amide bonds. The van der Waals surface area contributed by atoms with E-state index in [1.807, 2.05) is 24.3 Å². The van der Waals surface area contributed by atoms with Crippen molar-refractivity contribution in [3.05, 3.63) is 35.4 Å². The molecule has 2 rings (SSSR count). The molecule has 1 atom stereocenters. The Morgan fingerprint density at radius 3 is 2.68 bits per heavy atom. The van der Waals surface area contributed by atoms with Gasteiger partial charge in [0, 0.05) is 24.6 Å². The maximum absolute atomic E-state index is 12.4. The van der Waals surface area contributed by atoms with Crippen LogP contribution in [-0.2, 0) is 4.79 Å². The second kappa shape index (κ2) is 5.43. The number of amides is 2. The van der Waals surface area contributed by atoms with Crippen LogP contribution in [0.15, 0.2) is 24.3 Å². The van der Waals surface area contributed by atoms with E-state index in [-0.39, 0.29) is 18.0 Å². The zero-order valence-electron chi connectivity index (χ0n) is 11.6. The van der Waals surface area contributed by atoms with E-state index in [1.165, 1.54) is 6.92 Å². The van der Waals surface area contributed by atoms with Crippen LogP contribution in [0.5, 0.6) is 0 Å². The smallest absolute Gasteiger partial charge is 0.256 e.